The summed E-state index contributed by atoms with van der Waals surface area (Å²) in [5.41, 5.74) is 1.01. The van der Waals surface area contributed by atoms with Gasteiger partial charge in [-0.3, -0.25) is 0 Å². The van der Waals surface area contributed by atoms with E-state index in [4.69, 9.17) is 0 Å². The first kappa shape index (κ1) is 15.6. The van der Waals surface area contributed by atoms with Crippen molar-refractivity contribution >= 4 is 31.9 Å². The van der Waals surface area contributed by atoms with Crippen LogP contribution in [0.15, 0.2) is 46.9 Å². The minimum absolute atomic E-state index is 0.135. The van der Waals surface area contributed by atoms with Crippen molar-refractivity contribution in [3.05, 3.63) is 69.7 Å². The Kier molecular flexibility index (Phi) is 4.65. The molecular formula is C16H14Br2F2. The van der Waals surface area contributed by atoms with Crippen molar-refractivity contribution in [1.82, 2.24) is 0 Å². The highest BCUT2D eigenvalue weighted by Crippen LogP contribution is 2.44. The summed E-state index contributed by atoms with van der Waals surface area (Å²) < 4.78 is 27.9. The first-order chi connectivity index (χ1) is 9.34. The lowest BCUT2D eigenvalue weighted by Gasteiger charge is -2.31. The lowest BCUT2D eigenvalue weighted by Crippen LogP contribution is -2.24. The van der Waals surface area contributed by atoms with Gasteiger partial charge in [-0.05, 0) is 33.6 Å². The number of halogens is 4. The zero-order valence-electron chi connectivity index (χ0n) is 11.1. The van der Waals surface area contributed by atoms with Crippen molar-refractivity contribution in [2.45, 2.75) is 24.1 Å². The van der Waals surface area contributed by atoms with Crippen LogP contribution in [0.1, 0.15) is 29.8 Å². The largest absolute Gasteiger partial charge is 0.207 e. The van der Waals surface area contributed by atoms with Crippen LogP contribution in [0.2, 0.25) is 0 Å². The molecule has 1 atom stereocenters. The highest BCUT2D eigenvalue weighted by atomic mass is 79.9. The molecule has 0 saturated carbocycles. The fraction of sp³-hybridized carbons (Fsp3) is 0.250. The second-order valence-electron chi connectivity index (χ2n) is 5.24. The third-order valence-corrected chi connectivity index (χ3v) is 5.71. The van der Waals surface area contributed by atoms with Crippen molar-refractivity contribution in [2.24, 2.45) is 0 Å². The molecule has 2 rings (SSSR count). The molecule has 0 saturated heterocycles. The van der Waals surface area contributed by atoms with Crippen LogP contribution >= 0.6 is 31.9 Å². The van der Waals surface area contributed by atoms with Crippen LogP contribution in [0.5, 0.6) is 0 Å². The number of benzene rings is 2. The van der Waals surface area contributed by atoms with Gasteiger partial charge in [0.25, 0.3) is 0 Å². The molecule has 0 spiro atoms. The highest BCUT2D eigenvalue weighted by molar-refractivity contribution is 9.10. The average Bonchev–Trinajstić information content (AvgIpc) is 2.43. The zero-order valence-corrected chi connectivity index (χ0v) is 14.3. The second kappa shape index (κ2) is 5.94. The van der Waals surface area contributed by atoms with Crippen molar-refractivity contribution < 1.29 is 8.78 Å². The third kappa shape index (κ3) is 2.96. The molecular weight excluding hydrogens is 390 g/mol. The van der Waals surface area contributed by atoms with Crippen LogP contribution in [0, 0.1) is 11.6 Å². The van der Waals surface area contributed by atoms with E-state index < -0.39 is 11.6 Å². The molecule has 2 aromatic carbocycles. The summed E-state index contributed by atoms with van der Waals surface area (Å²) in [5, 5.41) is 0. The predicted molar refractivity (Wildman–Crippen MR) is 85.2 cm³/mol. The van der Waals surface area contributed by atoms with Gasteiger partial charge in [-0.15, -0.1) is 0 Å². The van der Waals surface area contributed by atoms with E-state index in [1.54, 1.807) is 0 Å². The summed E-state index contributed by atoms with van der Waals surface area (Å²) in [6.45, 7) is 4.00. The number of rotatable bonds is 3. The maximum Gasteiger partial charge on any atom is 0.137 e. The van der Waals surface area contributed by atoms with E-state index in [9.17, 15) is 8.78 Å². The Hall–Kier alpha value is -0.740. The van der Waals surface area contributed by atoms with Gasteiger partial charge in [0.15, 0.2) is 0 Å². The Morgan fingerprint density at radius 2 is 1.60 bits per heavy atom. The van der Waals surface area contributed by atoms with Crippen LogP contribution in [0.4, 0.5) is 8.78 Å². The van der Waals surface area contributed by atoms with Crippen LogP contribution in [0.3, 0.4) is 0 Å². The van der Waals surface area contributed by atoms with Gasteiger partial charge in [-0.1, -0.05) is 60.1 Å². The van der Waals surface area contributed by atoms with Crippen LogP contribution in [-0.2, 0) is 5.41 Å². The van der Waals surface area contributed by atoms with Gasteiger partial charge in [0.2, 0.25) is 0 Å². The molecule has 0 heterocycles. The molecule has 0 radical (unpaired) electrons. The number of hydrogen-bond donors (Lipinski definition) is 0. The summed E-state index contributed by atoms with van der Waals surface area (Å²) in [6.07, 6.45) is 0. The molecule has 0 N–H and O–H groups in total. The minimum atomic E-state index is -0.463. The maximum absolute atomic E-state index is 14.1. The smallest absolute Gasteiger partial charge is 0.137 e. The Balaban J connectivity index is 2.45. The topological polar surface area (TPSA) is 0 Å². The van der Waals surface area contributed by atoms with Crippen molar-refractivity contribution in [3.8, 4) is 0 Å². The standard InChI is InChI=1S/C16H14Br2F2/c1-16(2,10-6-4-3-5-7-10)15(18)11-8-14(20)12(17)9-13(11)19/h3-9,15H,1-2H3. The molecule has 0 aliphatic carbocycles. The first-order valence-corrected chi connectivity index (χ1v) is 7.89. The molecule has 0 aromatic heterocycles. The van der Waals surface area contributed by atoms with E-state index in [1.165, 1.54) is 12.1 Å². The molecule has 1 unspecified atom stereocenters. The summed E-state index contributed by atoms with van der Waals surface area (Å²) in [5.74, 6) is -0.890. The Morgan fingerprint density at radius 3 is 2.20 bits per heavy atom. The van der Waals surface area contributed by atoms with Gasteiger partial charge >= 0.3 is 0 Å². The molecule has 20 heavy (non-hydrogen) atoms. The molecule has 0 amide bonds. The lowest BCUT2D eigenvalue weighted by molar-refractivity contribution is 0.491. The fourth-order valence-corrected chi connectivity index (χ4v) is 3.07. The van der Waals surface area contributed by atoms with Crippen molar-refractivity contribution in [1.29, 1.82) is 0 Å². The average molecular weight is 404 g/mol. The molecule has 2 aromatic rings. The summed E-state index contributed by atoms with van der Waals surface area (Å²) in [4.78, 5) is -0.333. The number of hydrogen-bond acceptors (Lipinski definition) is 0. The van der Waals surface area contributed by atoms with E-state index in [0.717, 1.165) is 5.56 Å². The Labute approximate surface area is 134 Å². The van der Waals surface area contributed by atoms with E-state index in [2.05, 4.69) is 31.9 Å². The normalized spacial score (nSPS) is 13.3. The molecule has 0 nitrogen and oxygen atoms in total. The van der Waals surface area contributed by atoms with E-state index >= 15 is 0 Å². The summed E-state index contributed by atoms with van der Waals surface area (Å²) in [7, 11) is 0. The second-order valence-corrected chi connectivity index (χ2v) is 7.01. The van der Waals surface area contributed by atoms with Crippen LogP contribution in [0.25, 0.3) is 0 Å². The Morgan fingerprint density at radius 1 is 1.00 bits per heavy atom. The summed E-state index contributed by atoms with van der Waals surface area (Å²) in [6, 6.07) is 12.2. The lowest BCUT2D eigenvalue weighted by atomic mass is 9.79. The van der Waals surface area contributed by atoms with Gasteiger partial charge in [-0.25, -0.2) is 8.78 Å². The maximum atomic E-state index is 14.1. The van der Waals surface area contributed by atoms with E-state index in [1.807, 2.05) is 44.2 Å². The zero-order chi connectivity index (χ0) is 14.9. The monoisotopic (exact) mass is 402 g/mol. The van der Waals surface area contributed by atoms with Crippen LogP contribution < -0.4 is 0 Å². The molecule has 4 heteroatoms. The van der Waals surface area contributed by atoms with Gasteiger partial charge in [0, 0.05) is 11.0 Å². The van der Waals surface area contributed by atoms with Gasteiger partial charge in [0.1, 0.15) is 11.6 Å². The molecule has 0 aliphatic rings. The Bertz CT molecular complexity index is 609. The first-order valence-electron chi connectivity index (χ1n) is 6.18. The van der Waals surface area contributed by atoms with E-state index in [0.29, 0.717) is 5.56 Å². The fourth-order valence-electron chi connectivity index (χ4n) is 2.13. The van der Waals surface area contributed by atoms with Crippen molar-refractivity contribution in [2.75, 3.05) is 0 Å². The minimum Gasteiger partial charge on any atom is -0.207 e. The van der Waals surface area contributed by atoms with Gasteiger partial charge < -0.3 is 0 Å². The van der Waals surface area contributed by atoms with E-state index in [-0.39, 0.29) is 14.7 Å². The summed E-state index contributed by atoms with van der Waals surface area (Å²) >= 11 is 6.53. The molecule has 106 valence electrons. The molecule has 0 bridgehead atoms. The number of alkyl halides is 1. The SMILES string of the molecule is CC(C)(c1ccccc1)C(Br)c1cc(F)c(Br)cc1F. The van der Waals surface area contributed by atoms with Gasteiger partial charge in [-0.2, -0.15) is 0 Å². The van der Waals surface area contributed by atoms with Crippen molar-refractivity contribution in [3.63, 3.8) is 0 Å². The highest BCUT2D eigenvalue weighted by Gasteiger charge is 2.32. The molecule has 0 aliphatic heterocycles. The van der Waals surface area contributed by atoms with Crippen LogP contribution in [-0.4, -0.2) is 0 Å². The predicted octanol–water partition coefficient (Wildman–Crippen LogP) is 6.14. The van der Waals surface area contributed by atoms with Gasteiger partial charge in [0.05, 0.1) is 9.30 Å². The quantitative estimate of drug-likeness (QED) is 0.426. The molecule has 0 fully saturated rings. The third-order valence-electron chi connectivity index (χ3n) is 3.46.